The fourth-order valence-electron chi connectivity index (χ4n) is 4.58. The maximum Gasteiger partial charge on any atom is 0.404 e. The summed E-state index contributed by atoms with van der Waals surface area (Å²) in [5.41, 5.74) is 0.727. The first-order chi connectivity index (χ1) is 10.9. The molecule has 1 aromatic heterocycles. The molecule has 0 saturated heterocycles. The van der Waals surface area contributed by atoms with E-state index in [0.717, 1.165) is 29.3 Å². The number of aliphatic hydroxyl groups is 1. The lowest BCUT2D eigenvalue weighted by atomic mass is 9.87. The van der Waals surface area contributed by atoms with Gasteiger partial charge in [-0.1, -0.05) is 11.6 Å². The maximum absolute atomic E-state index is 11.2. The molecule has 1 amide bonds. The molecule has 4 rings (SSSR count). The Hall–Kier alpha value is -1.79. The number of benzene rings is 1. The van der Waals surface area contributed by atoms with Gasteiger partial charge in [0, 0.05) is 16.5 Å². The van der Waals surface area contributed by atoms with Crippen LogP contribution in [0.3, 0.4) is 0 Å². The van der Waals surface area contributed by atoms with Gasteiger partial charge in [-0.25, -0.2) is 4.79 Å². The van der Waals surface area contributed by atoms with E-state index in [9.17, 15) is 9.90 Å². The molecule has 7 heteroatoms. The van der Waals surface area contributed by atoms with Crippen LogP contribution in [0.1, 0.15) is 31.2 Å². The minimum absolute atomic E-state index is 0.000329. The average Bonchev–Trinajstić information content (AvgIpc) is 3.10. The van der Waals surface area contributed by atoms with E-state index >= 15 is 0 Å². The fourth-order valence-corrected chi connectivity index (χ4v) is 4.79. The number of rotatable bonds is 2. The van der Waals surface area contributed by atoms with Gasteiger partial charge in [0.1, 0.15) is 0 Å². The molecule has 2 aromatic rings. The Labute approximate surface area is 137 Å². The third kappa shape index (κ3) is 2.46. The molecular formula is C16H18ClN3O3. The minimum Gasteiger partial charge on any atom is -0.465 e. The SMILES string of the molecule is O=C(O)NC1C[C@@H]2CC(O)(c3cc(Cl)cc4[nH]ncc34)C[C@@H]2C1. The summed E-state index contributed by atoms with van der Waals surface area (Å²) in [6.45, 7) is 0. The predicted octanol–water partition coefficient (Wildman–Crippen LogP) is 2.86. The highest BCUT2D eigenvalue weighted by molar-refractivity contribution is 6.31. The highest BCUT2D eigenvalue weighted by Crippen LogP contribution is 2.54. The molecule has 2 aliphatic carbocycles. The van der Waals surface area contributed by atoms with E-state index in [-0.39, 0.29) is 6.04 Å². The molecule has 2 unspecified atom stereocenters. The Kier molecular flexibility index (Phi) is 3.28. The molecule has 0 aliphatic heterocycles. The number of halogens is 1. The van der Waals surface area contributed by atoms with E-state index in [0.29, 0.717) is 29.7 Å². The number of carboxylic acid groups (broad SMARTS) is 1. The van der Waals surface area contributed by atoms with Gasteiger partial charge in [0.15, 0.2) is 0 Å². The third-order valence-corrected chi connectivity index (χ3v) is 5.61. The molecule has 0 spiro atoms. The molecule has 0 bridgehead atoms. The molecule has 2 saturated carbocycles. The normalized spacial score (nSPS) is 33.0. The Balaban J connectivity index is 1.62. The molecule has 4 N–H and O–H groups in total. The van der Waals surface area contributed by atoms with Gasteiger partial charge < -0.3 is 15.5 Å². The first-order valence-corrected chi connectivity index (χ1v) is 8.17. The summed E-state index contributed by atoms with van der Waals surface area (Å²) < 4.78 is 0. The van der Waals surface area contributed by atoms with Gasteiger partial charge in [-0.3, -0.25) is 5.10 Å². The zero-order chi connectivity index (χ0) is 16.2. The maximum atomic E-state index is 11.2. The van der Waals surface area contributed by atoms with Gasteiger partial charge in [-0.15, -0.1) is 0 Å². The quantitative estimate of drug-likeness (QED) is 0.678. The van der Waals surface area contributed by atoms with Crippen LogP contribution < -0.4 is 5.32 Å². The highest BCUT2D eigenvalue weighted by Gasteiger charge is 2.50. The van der Waals surface area contributed by atoms with Crippen LogP contribution in [0.25, 0.3) is 10.9 Å². The molecule has 23 heavy (non-hydrogen) atoms. The Morgan fingerprint density at radius 1 is 1.35 bits per heavy atom. The van der Waals surface area contributed by atoms with E-state index < -0.39 is 11.7 Å². The summed E-state index contributed by atoms with van der Waals surface area (Å²) in [4.78, 5) is 10.8. The second kappa shape index (κ2) is 5.11. The van der Waals surface area contributed by atoms with Crippen LogP contribution >= 0.6 is 11.6 Å². The van der Waals surface area contributed by atoms with Gasteiger partial charge >= 0.3 is 6.09 Å². The summed E-state index contributed by atoms with van der Waals surface area (Å²) >= 11 is 6.19. The number of hydrogen-bond donors (Lipinski definition) is 4. The molecule has 6 nitrogen and oxygen atoms in total. The predicted molar refractivity (Wildman–Crippen MR) is 85.4 cm³/mol. The van der Waals surface area contributed by atoms with Crippen LogP contribution in [0.5, 0.6) is 0 Å². The number of aromatic amines is 1. The van der Waals surface area contributed by atoms with Crippen molar-refractivity contribution in [3.8, 4) is 0 Å². The van der Waals surface area contributed by atoms with Gasteiger partial charge in [0.25, 0.3) is 0 Å². The number of aromatic nitrogens is 2. The fraction of sp³-hybridized carbons (Fsp3) is 0.500. The van der Waals surface area contributed by atoms with E-state index in [2.05, 4.69) is 15.5 Å². The third-order valence-electron chi connectivity index (χ3n) is 5.39. The average molecular weight is 336 g/mol. The summed E-state index contributed by atoms with van der Waals surface area (Å²) in [6, 6.07) is 3.63. The molecule has 0 radical (unpaired) electrons. The van der Waals surface area contributed by atoms with Gasteiger partial charge in [0.05, 0.1) is 17.3 Å². The second-order valence-corrected chi connectivity index (χ2v) is 7.30. The van der Waals surface area contributed by atoms with E-state index in [1.165, 1.54) is 0 Å². The van der Waals surface area contributed by atoms with Crippen molar-refractivity contribution in [1.29, 1.82) is 0 Å². The topological polar surface area (TPSA) is 98.2 Å². The van der Waals surface area contributed by atoms with Crippen LogP contribution in [0, 0.1) is 11.8 Å². The number of hydrogen-bond acceptors (Lipinski definition) is 3. The van der Waals surface area contributed by atoms with Crippen LogP contribution in [0.4, 0.5) is 4.79 Å². The minimum atomic E-state index is -0.972. The summed E-state index contributed by atoms with van der Waals surface area (Å²) in [5, 5.41) is 31.1. The zero-order valence-corrected chi connectivity index (χ0v) is 13.2. The number of nitrogens with one attached hydrogen (secondary N) is 2. The van der Waals surface area contributed by atoms with Crippen molar-refractivity contribution in [2.45, 2.75) is 37.3 Å². The lowest BCUT2D eigenvalue weighted by Gasteiger charge is -2.26. The van der Waals surface area contributed by atoms with Gasteiger partial charge in [-0.05, 0) is 55.2 Å². The van der Waals surface area contributed by atoms with Crippen LogP contribution in [-0.2, 0) is 5.60 Å². The van der Waals surface area contributed by atoms with Crippen molar-refractivity contribution in [3.05, 3.63) is 28.9 Å². The molecule has 1 heterocycles. The number of nitrogens with zero attached hydrogens (tertiary/aromatic N) is 1. The lowest BCUT2D eigenvalue weighted by molar-refractivity contribution is 0.0357. The van der Waals surface area contributed by atoms with E-state index in [1.54, 1.807) is 12.3 Å². The molecule has 2 aliphatic rings. The number of carbonyl (C=O) groups is 1. The number of fused-ring (bicyclic) bond motifs is 2. The van der Waals surface area contributed by atoms with Gasteiger partial charge in [-0.2, -0.15) is 5.10 Å². The molecule has 2 fully saturated rings. The van der Waals surface area contributed by atoms with Crippen molar-refractivity contribution < 1.29 is 15.0 Å². The lowest BCUT2D eigenvalue weighted by Crippen LogP contribution is -2.33. The highest BCUT2D eigenvalue weighted by atomic mass is 35.5. The monoisotopic (exact) mass is 335 g/mol. The van der Waals surface area contributed by atoms with Crippen LogP contribution in [-0.4, -0.2) is 32.5 Å². The first-order valence-electron chi connectivity index (χ1n) is 7.79. The molecule has 122 valence electrons. The first kappa shape index (κ1) is 14.8. The largest absolute Gasteiger partial charge is 0.465 e. The van der Waals surface area contributed by atoms with Crippen molar-refractivity contribution in [2.24, 2.45) is 11.8 Å². The standard InChI is InChI=1S/C16H18ClN3O3/c17-10-3-13(12-7-18-20-14(12)4-10)16(23)5-8-1-11(19-15(21)22)2-9(8)6-16/h3-4,7-9,11,19,23H,1-2,5-6H2,(H,18,20)(H,21,22)/t8-,9+,11?,16?. The molecular weight excluding hydrogens is 318 g/mol. The Morgan fingerprint density at radius 2 is 2.04 bits per heavy atom. The Morgan fingerprint density at radius 3 is 2.70 bits per heavy atom. The van der Waals surface area contributed by atoms with Crippen LogP contribution in [0.2, 0.25) is 5.02 Å². The Bertz CT molecular complexity index is 761. The summed E-state index contributed by atoms with van der Waals surface area (Å²) in [6.07, 6.45) is 3.59. The molecule has 4 atom stereocenters. The smallest absolute Gasteiger partial charge is 0.404 e. The van der Waals surface area contributed by atoms with Crippen molar-refractivity contribution >= 4 is 28.6 Å². The zero-order valence-electron chi connectivity index (χ0n) is 12.4. The number of H-pyrrole nitrogens is 1. The van der Waals surface area contributed by atoms with Crippen molar-refractivity contribution in [1.82, 2.24) is 15.5 Å². The van der Waals surface area contributed by atoms with E-state index in [4.69, 9.17) is 16.7 Å². The molecule has 1 aromatic carbocycles. The summed E-state index contributed by atoms with van der Waals surface area (Å²) in [5.74, 6) is 0.663. The van der Waals surface area contributed by atoms with Crippen LogP contribution in [0.15, 0.2) is 18.3 Å². The van der Waals surface area contributed by atoms with Crippen molar-refractivity contribution in [3.63, 3.8) is 0 Å². The van der Waals surface area contributed by atoms with E-state index in [1.807, 2.05) is 6.07 Å². The summed E-state index contributed by atoms with van der Waals surface area (Å²) in [7, 11) is 0. The second-order valence-electron chi connectivity index (χ2n) is 6.86. The van der Waals surface area contributed by atoms with Crippen molar-refractivity contribution in [2.75, 3.05) is 0 Å². The van der Waals surface area contributed by atoms with Gasteiger partial charge in [0.2, 0.25) is 0 Å². The number of amides is 1.